The Morgan fingerprint density at radius 3 is 2.43 bits per heavy atom. The number of amides is 1. The van der Waals surface area contributed by atoms with E-state index in [0.29, 0.717) is 10.8 Å². The fourth-order valence-electron chi connectivity index (χ4n) is 1.68. The van der Waals surface area contributed by atoms with Crippen LogP contribution in [-0.2, 0) is 20.1 Å². The number of carbonyl (C=O) groups is 2. The number of esters is 1. The first-order chi connectivity index (χ1) is 9.93. The molecule has 0 bridgehead atoms. The number of halogens is 1. The maximum absolute atomic E-state index is 12.2. The number of hydrogen-bond donors (Lipinski definition) is 0. The van der Waals surface area contributed by atoms with Crippen LogP contribution in [0.3, 0.4) is 0 Å². The van der Waals surface area contributed by atoms with Crippen molar-refractivity contribution in [1.29, 1.82) is 0 Å². The van der Waals surface area contributed by atoms with Gasteiger partial charge < -0.3 is 9.64 Å². The summed E-state index contributed by atoms with van der Waals surface area (Å²) >= 11 is 7.34. The molecule has 6 heteroatoms. The summed E-state index contributed by atoms with van der Waals surface area (Å²) in [6.45, 7) is 3.75. The molecule has 0 fully saturated rings. The summed E-state index contributed by atoms with van der Waals surface area (Å²) in [6.07, 6.45) is 0. The fraction of sp³-hybridized carbons (Fsp3) is 0.467. The van der Waals surface area contributed by atoms with E-state index in [1.54, 1.807) is 0 Å². The lowest BCUT2D eigenvalue weighted by molar-refractivity contribution is -0.147. The Balaban J connectivity index is 2.46. The Bertz CT molecular complexity index is 476. The Morgan fingerprint density at radius 1 is 1.29 bits per heavy atom. The van der Waals surface area contributed by atoms with Gasteiger partial charge in [0.1, 0.15) is 6.54 Å². The molecule has 0 aliphatic rings. The van der Waals surface area contributed by atoms with Gasteiger partial charge in [-0.1, -0.05) is 23.7 Å². The number of hydrogen-bond acceptors (Lipinski definition) is 4. The molecule has 1 rings (SSSR count). The zero-order chi connectivity index (χ0) is 15.8. The van der Waals surface area contributed by atoms with Crippen LogP contribution in [0.5, 0.6) is 0 Å². The van der Waals surface area contributed by atoms with E-state index < -0.39 is 5.97 Å². The monoisotopic (exact) mass is 329 g/mol. The Kier molecular flexibility index (Phi) is 7.61. The maximum Gasteiger partial charge on any atom is 0.325 e. The molecule has 4 nitrogen and oxygen atoms in total. The summed E-state index contributed by atoms with van der Waals surface area (Å²) < 4.78 is 4.61. The van der Waals surface area contributed by atoms with Gasteiger partial charge in [-0.15, -0.1) is 11.8 Å². The van der Waals surface area contributed by atoms with Crippen LogP contribution in [0.2, 0.25) is 5.02 Å². The number of thioether (sulfide) groups is 1. The maximum atomic E-state index is 12.2. The van der Waals surface area contributed by atoms with Gasteiger partial charge in [0.05, 0.1) is 12.9 Å². The lowest BCUT2D eigenvalue weighted by Gasteiger charge is -2.25. The van der Waals surface area contributed by atoms with E-state index in [9.17, 15) is 9.59 Å². The molecule has 0 spiro atoms. The molecule has 0 unspecified atom stereocenters. The van der Waals surface area contributed by atoms with E-state index in [0.717, 1.165) is 11.3 Å². The summed E-state index contributed by atoms with van der Waals surface area (Å²) in [5, 5.41) is 0.698. The van der Waals surface area contributed by atoms with Gasteiger partial charge in [-0.3, -0.25) is 9.59 Å². The van der Waals surface area contributed by atoms with Crippen molar-refractivity contribution in [3.63, 3.8) is 0 Å². The third kappa shape index (κ3) is 6.40. The molecule has 116 valence electrons. The number of nitrogens with zero attached hydrogens (tertiary/aromatic N) is 1. The predicted molar refractivity (Wildman–Crippen MR) is 86.5 cm³/mol. The number of benzene rings is 1. The summed E-state index contributed by atoms with van der Waals surface area (Å²) in [5.41, 5.74) is 1.11. The van der Waals surface area contributed by atoms with Gasteiger partial charge in [-0.05, 0) is 31.5 Å². The van der Waals surface area contributed by atoms with Crippen LogP contribution in [-0.4, -0.2) is 42.2 Å². The summed E-state index contributed by atoms with van der Waals surface area (Å²) in [6, 6.07) is 7.50. The molecule has 0 saturated heterocycles. The minimum absolute atomic E-state index is 0.00545. The number of ether oxygens (including phenoxy) is 1. The molecule has 0 aliphatic heterocycles. The number of methoxy groups -OCH3 is 1. The van der Waals surface area contributed by atoms with Crippen LogP contribution < -0.4 is 0 Å². The van der Waals surface area contributed by atoms with Crippen molar-refractivity contribution < 1.29 is 14.3 Å². The number of carbonyl (C=O) groups excluding carboxylic acids is 2. The summed E-state index contributed by atoms with van der Waals surface area (Å²) in [7, 11) is 1.32. The van der Waals surface area contributed by atoms with Gasteiger partial charge in [-0.2, -0.15) is 0 Å². The zero-order valence-electron chi connectivity index (χ0n) is 12.5. The molecule has 1 amide bonds. The molecule has 0 radical (unpaired) electrons. The van der Waals surface area contributed by atoms with Crippen molar-refractivity contribution in [3.8, 4) is 0 Å². The van der Waals surface area contributed by atoms with E-state index in [-0.39, 0.29) is 18.5 Å². The second kappa shape index (κ2) is 8.95. The lowest BCUT2D eigenvalue weighted by Crippen LogP contribution is -2.42. The molecule has 0 saturated carbocycles. The van der Waals surface area contributed by atoms with E-state index in [2.05, 4.69) is 4.74 Å². The van der Waals surface area contributed by atoms with Crippen molar-refractivity contribution in [2.75, 3.05) is 19.4 Å². The van der Waals surface area contributed by atoms with Gasteiger partial charge in [0.2, 0.25) is 5.91 Å². The SMILES string of the molecule is COC(=O)CN(C(=O)CSCc1ccc(Cl)cc1)C(C)C. The second-order valence-electron chi connectivity index (χ2n) is 4.81. The number of rotatable bonds is 7. The highest BCUT2D eigenvalue weighted by Gasteiger charge is 2.20. The van der Waals surface area contributed by atoms with E-state index in [1.807, 2.05) is 38.1 Å². The molecule has 0 atom stereocenters. The van der Waals surface area contributed by atoms with Gasteiger partial charge in [-0.25, -0.2) is 0 Å². The highest BCUT2D eigenvalue weighted by atomic mass is 35.5. The van der Waals surface area contributed by atoms with Gasteiger partial charge in [0.25, 0.3) is 0 Å². The standard InChI is InChI=1S/C15H20ClNO3S/c1-11(2)17(8-15(19)20-3)14(18)10-21-9-12-4-6-13(16)7-5-12/h4-7,11H,8-10H2,1-3H3. The molecule has 0 heterocycles. The van der Waals surface area contributed by atoms with E-state index in [1.165, 1.54) is 23.8 Å². The van der Waals surface area contributed by atoms with Crippen LogP contribution in [0.1, 0.15) is 19.4 Å². The van der Waals surface area contributed by atoms with Crippen molar-refractivity contribution >= 4 is 35.2 Å². The quantitative estimate of drug-likeness (QED) is 0.721. The Morgan fingerprint density at radius 2 is 1.90 bits per heavy atom. The fourth-order valence-corrected chi connectivity index (χ4v) is 2.68. The van der Waals surface area contributed by atoms with Crippen molar-refractivity contribution in [3.05, 3.63) is 34.9 Å². The van der Waals surface area contributed by atoms with Crippen molar-refractivity contribution in [2.45, 2.75) is 25.6 Å². The van der Waals surface area contributed by atoms with Crippen LogP contribution >= 0.6 is 23.4 Å². The van der Waals surface area contributed by atoms with Crippen LogP contribution in [0.25, 0.3) is 0 Å². The molecule has 0 aliphatic carbocycles. The lowest BCUT2D eigenvalue weighted by atomic mass is 10.2. The second-order valence-corrected chi connectivity index (χ2v) is 6.23. The topological polar surface area (TPSA) is 46.6 Å². The molecule has 21 heavy (non-hydrogen) atoms. The molecule has 1 aromatic rings. The highest BCUT2D eigenvalue weighted by molar-refractivity contribution is 7.99. The van der Waals surface area contributed by atoms with Crippen molar-refractivity contribution in [1.82, 2.24) is 4.90 Å². The van der Waals surface area contributed by atoms with Gasteiger partial charge in [0, 0.05) is 16.8 Å². The smallest absolute Gasteiger partial charge is 0.325 e. The first kappa shape index (κ1) is 17.9. The van der Waals surface area contributed by atoms with Crippen molar-refractivity contribution in [2.24, 2.45) is 0 Å². The molecule has 0 N–H and O–H groups in total. The first-order valence-electron chi connectivity index (χ1n) is 6.62. The normalized spacial score (nSPS) is 10.5. The van der Waals surface area contributed by atoms with Crippen LogP contribution in [0.15, 0.2) is 24.3 Å². The minimum Gasteiger partial charge on any atom is -0.468 e. The Labute approximate surface area is 134 Å². The summed E-state index contributed by atoms with van der Waals surface area (Å²) in [5.74, 6) is 0.597. The molecular weight excluding hydrogens is 310 g/mol. The van der Waals surface area contributed by atoms with E-state index >= 15 is 0 Å². The highest BCUT2D eigenvalue weighted by Crippen LogP contribution is 2.16. The zero-order valence-corrected chi connectivity index (χ0v) is 14.0. The van der Waals surface area contributed by atoms with Gasteiger partial charge in [0.15, 0.2) is 0 Å². The minimum atomic E-state index is -0.403. The average molecular weight is 330 g/mol. The Hall–Kier alpha value is -1.20. The molecule has 1 aromatic carbocycles. The average Bonchev–Trinajstić information content (AvgIpc) is 2.46. The van der Waals surface area contributed by atoms with Gasteiger partial charge >= 0.3 is 5.97 Å². The predicted octanol–water partition coefficient (Wildman–Crippen LogP) is 2.98. The van der Waals surface area contributed by atoms with Crippen LogP contribution in [0, 0.1) is 0 Å². The third-order valence-electron chi connectivity index (χ3n) is 2.88. The molecule has 0 aromatic heterocycles. The largest absolute Gasteiger partial charge is 0.468 e. The van der Waals surface area contributed by atoms with Crippen LogP contribution in [0.4, 0.5) is 0 Å². The van der Waals surface area contributed by atoms with E-state index in [4.69, 9.17) is 11.6 Å². The first-order valence-corrected chi connectivity index (χ1v) is 8.15. The summed E-state index contributed by atoms with van der Waals surface area (Å²) in [4.78, 5) is 25.0. The molecular formula is C15H20ClNO3S. The third-order valence-corrected chi connectivity index (χ3v) is 4.12.